The Bertz CT molecular complexity index is 864. The van der Waals surface area contributed by atoms with Crippen LogP contribution < -0.4 is 0 Å². The standard InChI is InChI=1S/C15H20N4O3S/c1-11-16-14-10-13(4-5-15(14)17(11)3)23(21,22)19-8-6-18(7-9-19)12(2)20/h4-5,10H,6-9H2,1-3H3. The third-order valence-corrected chi connectivity index (χ3v) is 6.29. The van der Waals surface area contributed by atoms with E-state index < -0.39 is 10.0 Å². The van der Waals surface area contributed by atoms with Crippen molar-refractivity contribution >= 4 is 27.0 Å². The Balaban J connectivity index is 1.90. The van der Waals surface area contributed by atoms with Crippen molar-refractivity contribution in [1.82, 2.24) is 18.8 Å². The molecule has 0 saturated carbocycles. The summed E-state index contributed by atoms with van der Waals surface area (Å²) in [5, 5.41) is 0. The normalized spacial score (nSPS) is 16.9. The molecule has 0 spiro atoms. The predicted octanol–water partition coefficient (Wildman–Crippen LogP) is 0.735. The molecule has 0 unspecified atom stereocenters. The first-order valence-electron chi connectivity index (χ1n) is 7.49. The van der Waals surface area contributed by atoms with Crippen molar-refractivity contribution < 1.29 is 13.2 Å². The average molecular weight is 336 g/mol. The Morgan fingerprint density at radius 1 is 1.17 bits per heavy atom. The number of rotatable bonds is 2. The van der Waals surface area contributed by atoms with Crippen LogP contribution in [0.15, 0.2) is 23.1 Å². The van der Waals surface area contributed by atoms with Gasteiger partial charge in [-0.05, 0) is 25.1 Å². The fourth-order valence-electron chi connectivity index (χ4n) is 2.85. The van der Waals surface area contributed by atoms with Crippen LogP contribution in [-0.4, -0.2) is 59.3 Å². The van der Waals surface area contributed by atoms with Crippen molar-refractivity contribution in [3.05, 3.63) is 24.0 Å². The van der Waals surface area contributed by atoms with Gasteiger partial charge in [-0.2, -0.15) is 4.31 Å². The molecule has 23 heavy (non-hydrogen) atoms. The third-order valence-electron chi connectivity index (χ3n) is 4.40. The fraction of sp³-hybridized carbons (Fsp3) is 0.467. The van der Waals surface area contributed by atoms with Gasteiger partial charge < -0.3 is 9.47 Å². The topological polar surface area (TPSA) is 75.5 Å². The molecular formula is C15H20N4O3S. The number of amides is 1. The van der Waals surface area contributed by atoms with Crippen LogP contribution in [0.5, 0.6) is 0 Å². The summed E-state index contributed by atoms with van der Waals surface area (Å²) in [4.78, 5) is 17.7. The molecule has 8 heteroatoms. The highest BCUT2D eigenvalue weighted by Gasteiger charge is 2.29. The van der Waals surface area contributed by atoms with Crippen LogP contribution >= 0.6 is 0 Å². The zero-order valence-corrected chi connectivity index (χ0v) is 14.3. The number of fused-ring (bicyclic) bond motifs is 1. The first-order chi connectivity index (χ1) is 10.8. The van der Waals surface area contributed by atoms with Crippen LogP contribution in [-0.2, 0) is 21.9 Å². The first kappa shape index (κ1) is 15.9. The van der Waals surface area contributed by atoms with E-state index in [0.29, 0.717) is 31.7 Å². The summed E-state index contributed by atoms with van der Waals surface area (Å²) in [6, 6.07) is 5.03. The summed E-state index contributed by atoms with van der Waals surface area (Å²) in [6.07, 6.45) is 0. The molecular weight excluding hydrogens is 316 g/mol. The van der Waals surface area contributed by atoms with Crippen molar-refractivity contribution in [2.24, 2.45) is 7.05 Å². The van der Waals surface area contributed by atoms with Gasteiger partial charge in [0.25, 0.3) is 0 Å². The molecule has 0 aliphatic carbocycles. The van der Waals surface area contributed by atoms with Gasteiger partial charge in [0.15, 0.2) is 0 Å². The minimum atomic E-state index is -3.56. The minimum Gasteiger partial charge on any atom is -0.340 e. The van der Waals surface area contributed by atoms with Gasteiger partial charge in [-0.25, -0.2) is 13.4 Å². The molecule has 1 fully saturated rings. The van der Waals surface area contributed by atoms with Crippen LogP contribution in [0.1, 0.15) is 12.7 Å². The highest BCUT2D eigenvalue weighted by atomic mass is 32.2. The summed E-state index contributed by atoms with van der Waals surface area (Å²) in [5.74, 6) is 0.817. The monoisotopic (exact) mass is 336 g/mol. The molecule has 0 atom stereocenters. The Morgan fingerprint density at radius 2 is 1.83 bits per heavy atom. The van der Waals surface area contributed by atoms with E-state index in [1.54, 1.807) is 23.1 Å². The molecule has 1 aromatic heterocycles. The maximum Gasteiger partial charge on any atom is 0.243 e. The molecule has 1 aliphatic rings. The minimum absolute atomic E-state index is 0.0209. The lowest BCUT2D eigenvalue weighted by Gasteiger charge is -2.33. The lowest BCUT2D eigenvalue weighted by Crippen LogP contribution is -2.49. The Labute approximate surface area is 135 Å². The third kappa shape index (κ3) is 2.72. The number of nitrogens with zero attached hydrogens (tertiary/aromatic N) is 4. The summed E-state index contributed by atoms with van der Waals surface area (Å²) >= 11 is 0. The van der Waals surface area contributed by atoms with Crippen LogP contribution in [0, 0.1) is 6.92 Å². The predicted molar refractivity (Wildman–Crippen MR) is 86.5 cm³/mol. The number of aromatic nitrogens is 2. The molecule has 7 nitrogen and oxygen atoms in total. The zero-order valence-electron chi connectivity index (χ0n) is 13.5. The number of hydrogen-bond donors (Lipinski definition) is 0. The lowest BCUT2D eigenvalue weighted by atomic mass is 10.3. The van der Waals surface area contributed by atoms with Crippen LogP contribution in [0.2, 0.25) is 0 Å². The second-order valence-corrected chi connectivity index (χ2v) is 7.72. The van der Waals surface area contributed by atoms with Crippen LogP contribution in [0.3, 0.4) is 0 Å². The van der Waals surface area contributed by atoms with Gasteiger partial charge in [0, 0.05) is 40.2 Å². The van der Waals surface area contributed by atoms with E-state index in [2.05, 4.69) is 4.98 Å². The number of piperazine rings is 1. The number of aryl methyl sites for hydroxylation is 2. The molecule has 0 radical (unpaired) electrons. The highest BCUT2D eigenvalue weighted by molar-refractivity contribution is 7.89. The van der Waals surface area contributed by atoms with Crippen molar-refractivity contribution in [3.8, 4) is 0 Å². The van der Waals surface area contributed by atoms with Gasteiger partial charge in [0.2, 0.25) is 15.9 Å². The number of benzene rings is 1. The molecule has 1 aliphatic heterocycles. The summed E-state index contributed by atoms with van der Waals surface area (Å²) in [5.41, 5.74) is 1.58. The van der Waals surface area contributed by atoms with E-state index >= 15 is 0 Å². The molecule has 2 aromatic rings. The second-order valence-electron chi connectivity index (χ2n) is 5.78. The van der Waals surface area contributed by atoms with E-state index in [0.717, 1.165) is 11.3 Å². The van der Waals surface area contributed by atoms with Gasteiger partial charge in [-0.1, -0.05) is 0 Å². The van der Waals surface area contributed by atoms with Gasteiger partial charge in [0.05, 0.1) is 15.9 Å². The van der Waals surface area contributed by atoms with Crippen molar-refractivity contribution in [2.45, 2.75) is 18.7 Å². The Hall–Kier alpha value is -1.93. The van der Waals surface area contributed by atoms with E-state index in [9.17, 15) is 13.2 Å². The first-order valence-corrected chi connectivity index (χ1v) is 8.93. The summed E-state index contributed by atoms with van der Waals surface area (Å²) in [7, 11) is -1.66. The summed E-state index contributed by atoms with van der Waals surface area (Å²) < 4.78 is 28.9. The van der Waals surface area contributed by atoms with Crippen LogP contribution in [0.4, 0.5) is 0 Å². The Kier molecular flexibility index (Phi) is 3.89. The van der Waals surface area contributed by atoms with E-state index in [1.807, 2.05) is 18.5 Å². The Morgan fingerprint density at radius 3 is 2.43 bits per heavy atom. The molecule has 1 amide bonds. The molecule has 1 aromatic carbocycles. The smallest absolute Gasteiger partial charge is 0.243 e. The molecule has 124 valence electrons. The van der Waals surface area contributed by atoms with Gasteiger partial charge in [-0.3, -0.25) is 4.79 Å². The maximum atomic E-state index is 12.8. The summed E-state index contributed by atoms with van der Waals surface area (Å²) in [6.45, 7) is 4.89. The highest BCUT2D eigenvalue weighted by Crippen LogP contribution is 2.23. The largest absolute Gasteiger partial charge is 0.340 e. The lowest BCUT2D eigenvalue weighted by molar-refractivity contribution is -0.129. The molecule has 0 N–H and O–H groups in total. The molecule has 3 rings (SSSR count). The molecule has 1 saturated heterocycles. The van der Waals surface area contributed by atoms with Crippen molar-refractivity contribution in [3.63, 3.8) is 0 Å². The van der Waals surface area contributed by atoms with E-state index in [-0.39, 0.29) is 10.8 Å². The molecule has 0 bridgehead atoms. The maximum absolute atomic E-state index is 12.8. The number of carbonyl (C=O) groups excluding carboxylic acids is 1. The second kappa shape index (κ2) is 5.61. The number of imidazole rings is 1. The average Bonchev–Trinajstić information content (AvgIpc) is 2.81. The number of carbonyl (C=O) groups is 1. The SMILES string of the molecule is CC(=O)N1CCN(S(=O)(=O)c2ccc3c(c2)nc(C)n3C)CC1. The van der Waals surface area contributed by atoms with Crippen molar-refractivity contribution in [1.29, 1.82) is 0 Å². The zero-order chi connectivity index (χ0) is 16.8. The van der Waals surface area contributed by atoms with Gasteiger partial charge in [0.1, 0.15) is 5.82 Å². The number of hydrogen-bond acceptors (Lipinski definition) is 4. The van der Waals surface area contributed by atoms with Gasteiger partial charge in [-0.15, -0.1) is 0 Å². The molecule has 2 heterocycles. The quantitative estimate of drug-likeness (QED) is 0.810. The van der Waals surface area contributed by atoms with E-state index in [1.165, 1.54) is 11.2 Å². The number of sulfonamides is 1. The van der Waals surface area contributed by atoms with Crippen molar-refractivity contribution in [2.75, 3.05) is 26.2 Å². The fourth-order valence-corrected chi connectivity index (χ4v) is 4.30. The van der Waals surface area contributed by atoms with E-state index in [4.69, 9.17) is 0 Å². The van der Waals surface area contributed by atoms with Crippen LogP contribution in [0.25, 0.3) is 11.0 Å². The van der Waals surface area contributed by atoms with Gasteiger partial charge >= 0.3 is 0 Å².